The van der Waals surface area contributed by atoms with E-state index in [0.717, 1.165) is 16.8 Å². The maximum atomic E-state index is 4.81. The highest BCUT2D eigenvalue weighted by molar-refractivity contribution is 5.67. The molecule has 1 aromatic carbocycles. The molecule has 0 atom stereocenters. The van der Waals surface area contributed by atoms with Crippen molar-refractivity contribution in [1.82, 2.24) is 29.5 Å². The Labute approximate surface area is 207 Å². The van der Waals surface area contributed by atoms with Gasteiger partial charge in [-0.1, -0.05) is 53.7 Å². The van der Waals surface area contributed by atoms with Crippen LogP contribution in [0.4, 0.5) is 5.95 Å². The van der Waals surface area contributed by atoms with Gasteiger partial charge in [-0.3, -0.25) is 9.55 Å². The lowest BCUT2D eigenvalue weighted by Gasteiger charge is -2.44. The van der Waals surface area contributed by atoms with Gasteiger partial charge in [-0.05, 0) is 45.6 Å². The fourth-order valence-electron chi connectivity index (χ4n) is 5.09. The van der Waals surface area contributed by atoms with Crippen LogP contribution in [0, 0.1) is 5.41 Å². The summed E-state index contributed by atoms with van der Waals surface area (Å²) in [4.78, 5) is 24.6. The average molecular weight is 468 g/mol. The predicted octanol–water partition coefficient (Wildman–Crippen LogP) is 5.45. The van der Waals surface area contributed by atoms with Crippen LogP contribution in [-0.2, 0) is 10.8 Å². The van der Waals surface area contributed by atoms with E-state index in [1.165, 1.54) is 11.1 Å². The lowest BCUT2D eigenvalue weighted by Crippen LogP contribution is -2.42. The maximum absolute atomic E-state index is 4.81. The summed E-state index contributed by atoms with van der Waals surface area (Å²) >= 11 is 0. The summed E-state index contributed by atoms with van der Waals surface area (Å²) in [5.41, 5.74) is 6.02. The monoisotopic (exact) mass is 467 g/mol. The quantitative estimate of drug-likeness (QED) is 0.398. The second kappa shape index (κ2) is 7.70. The van der Waals surface area contributed by atoms with Crippen molar-refractivity contribution < 1.29 is 0 Å². The molecule has 0 saturated heterocycles. The largest absolute Gasteiger partial charge is 0.347 e. The zero-order valence-electron chi connectivity index (χ0n) is 21.8. The highest BCUT2D eigenvalue weighted by Gasteiger charge is 2.56. The number of hydrogen-bond donors (Lipinski definition) is 0. The van der Waals surface area contributed by atoms with Crippen molar-refractivity contribution >= 4 is 5.95 Å². The number of nitrogens with zero attached hydrogens (tertiary/aromatic N) is 7. The first-order chi connectivity index (χ1) is 16.4. The highest BCUT2D eigenvalue weighted by atomic mass is 15.3. The van der Waals surface area contributed by atoms with E-state index in [2.05, 4.69) is 79.7 Å². The molecule has 1 aliphatic carbocycles. The van der Waals surface area contributed by atoms with Gasteiger partial charge in [0.2, 0.25) is 11.9 Å². The van der Waals surface area contributed by atoms with Crippen molar-refractivity contribution in [2.24, 2.45) is 5.41 Å². The number of anilines is 1. The van der Waals surface area contributed by atoms with Gasteiger partial charge in [-0.25, -0.2) is 4.98 Å². The van der Waals surface area contributed by atoms with Crippen molar-refractivity contribution in [3.8, 4) is 28.6 Å². The van der Waals surface area contributed by atoms with Crippen LogP contribution >= 0.6 is 0 Å². The van der Waals surface area contributed by atoms with E-state index in [1.54, 1.807) is 17.1 Å². The second-order valence-corrected chi connectivity index (χ2v) is 11.2. The molecule has 0 radical (unpaired) electrons. The lowest BCUT2D eigenvalue weighted by molar-refractivity contribution is 0.125. The van der Waals surface area contributed by atoms with Gasteiger partial charge in [-0.2, -0.15) is 15.0 Å². The second-order valence-electron chi connectivity index (χ2n) is 11.2. The summed E-state index contributed by atoms with van der Waals surface area (Å²) in [7, 11) is 3.83. The third kappa shape index (κ3) is 3.44. The molecule has 0 spiro atoms. The molecule has 180 valence electrons. The summed E-state index contributed by atoms with van der Waals surface area (Å²) in [6, 6.07) is 10.9. The Morgan fingerprint density at radius 2 is 1.51 bits per heavy atom. The van der Waals surface area contributed by atoms with Crippen LogP contribution in [0.15, 0.2) is 55.2 Å². The van der Waals surface area contributed by atoms with Crippen LogP contribution in [0.25, 0.3) is 28.6 Å². The number of rotatable bonds is 4. The van der Waals surface area contributed by atoms with Gasteiger partial charge in [0.25, 0.3) is 0 Å². The molecule has 0 saturated carbocycles. The third-order valence-electron chi connectivity index (χ3n) is 8.56. The minimum absolute atomic E-state index is 0.0545. The van der Waals surface area contributed by atoms with Crippen LogP contribution in [0.2, 0.25) is 0 Å². The summed E-state index contributed by atoms with van der Waals surface area (Å²) in [5, 5.41) is 0. The normalized spacial score (nSPS) is 17.3. The van der Waals surface area contributed by atoms with Gasteiger partial charge in [-0.15, -0.1) is 0 Å². The van der Waals surface area contributed by atoms with E-state index in [1.807, 2.05) is 43.5 Å². The number of hydrogen-bond acceptors (Lipinski definition) is 6. The van der Waals surface area contributed by atoms with Gasteiger partial charge >= 0.3 is 0 Å². The standard InChI is InChI=1S/C28H33N7/c1-26(2)20-11-9-18(15-21(20)27(3,4)28(26,5)6)22-12-10-19(16-30-22)23-31-24(34(7)8)33-25(32-23)35-14-13-29-17-35/h9-17H,1-8H3. The minimum atomic E-state index is 0.0545. The van der Waals surface area contributed by atoms with Crippen molar-refractivity contribution in [2.75, 3.05) is 19.0 Å². The Morgan fingerprint density at radius 3 is 2.14 bits per heavy atom. The molecule has 0 N–H and O–H groups in total. The summed E-state index contributed by atoms with van der Waals surface area (Å²) in [6.45, 7) is 14.2. The summed E-state index contributed by atoms with van der Waals surface area (Å²) in [5.74, 6) is 1.67. The van der Waals surface area contributed by atoms with Crippen LogP contribution < -0.4 is 4.90 Å². The average Bonchev–Trinajstić information content (AvgIpc) is 3.41. The number of imidazole rings is 1. The Balaban J connectivity index is 1.53. The Hall–Kier alpha value is -3.61. The molecule has 0 fully saturated rings. The third-order valence-corrected chi connectivity index (χ3v) is 8.56. The number of benzene rings is 1. The molecule has 3 aromatic heterocycles. The van der Waals surface area contributed by atoms with Gasteiger partial charge in [0, 0.05) is 43.8 Å². The Bertz CT molecular complexity index is 1380. The first-order valence-electron chi connectivity index (χ1n) is 12.0. The number of aromatic nitrogens is 6. The zero-order chi connectivity index (χ0) is 25.2. The lowest BCUT2D eigenvalue weighted by atomic mass is 9.59. The Kier molecular flexibility index (Phi) is 5.09. The fourth-order valence-corrected chi connectivity index (χ4v) is 5.09. The van der Waals surface area contributed by atoms with Crippen LogP contribution in [-0.4, -0.2) is 43.6 Å². The first-order valence-corrected chi connectivity index (χ1v) is 12.0. The minimum Gasteiger partial charge on any atom is -0.347 e. The molecule has 7 nitrogen and oxygen atoms in total. The first kappa shape index (κ1) is 23.1. The SMILES string of the molecule is CN(C)c1nc(-c2ccc(-c3ccc4c(c3)C(C)(C)C(C)(C)C4(C)C)nc2)nc(-n2ccnc2)n1. The van der Waals surface area contributed by atoms with Gasteiger partial charge < -0.3 is 4.90 Å². The van der Waals surface area contributed by atoms with Gasteiger partial charge in [0.05, 0.1) is 5.69 Å². The van der Waals surface area contributed by atoms with Crippen LogP contribution in [0.3, 0.4) is 0 Å². The molecule has 0 amide bonds. The Morgan fingerprint density at radius 1 is 0.800 bits per heavy atom. The van der Waals surface area contributed by atoms with Crippen molar-refractivity contribution in [3.63, 3.8) is 0 Å². The van der Waals surface area contributed by atoms with Gasteiger partial charge in [0.1, 0.15) is 6.33 Å². The molecule has 1 aliphatic rings. The number of fused-ring (bicyclic) bond motifs is 1. The molecule has 3 heterocycles. The number of pyridine rings is 1. The van der Waals surface area contributed by atoms with Crippen LogP contribution in [0.5, 0.6) is 0 Å². The van der Waals surface area contributed by atoms with E-state index >= 15 is 0 Å². The molecular weight excluding hydrogens is 434 g/mol. The predicted molar refractivity (Wildman–Crippen MR) is 140 cm³/mol. The zero-order valence-corrected chi connectivity index (χ0v) is 21.8. The molecule has 4 aromatic rings. The molecule has 0 bridgehead atoms. The van der Waals surface area contributed by atoms with Crippen molar-refractivity contribution in [3.05, 3.63) is 66.4 Å². The summed E-state index contributed by atoms with van der Waals surface area (Å²) < 4.78 is 1.77. The van der Waals surface area contributed by atoms with Crippen LogP contribution in [0.1, 0.15) is 52.7 Å². The van der Waals surface area contributed by atoms with E-state index in [-0.39, 0.29) is 16.2 Å². The van der Waals surface area contributed by atoms with Crippen molar-refractivity contribution in [1.29, 1.82) is 0 Å². The van der Waals surface area contributed by atoms with E-state index in [9.17, 15) is 0 Å². The molecule has 7 heteroatoms. The highest BCUT2D eigenvalue weighted by Crippen LogP contribution is 2.61. The molecule has 5 rings (SSSR count). The molecule has 0 aliphatic heterocycles. The molecular formula is C28H33N7. The fraction of sp³-hybridized carbons (Fsp3) is 0.393. The van der Waals surface area contributed by atoms with E-state index < -0.39 is 0 Å². The van der Waals surface area contributed by atoms with E-state index in [0.29, 0.717) is 17.7 Å². The van der Waals surface area contributed by atoms with Crippen molar-refractivity contribution in [2.45, 2.75) is 52.4 Å². The van der Waals surface area contributed by atoms with Gasteiger partial charge in [0.15, 0.2) is 5.82 Å². The molecule has 35 heavy (non-hydrogen) atoms. The summed E-state index contributed by atoms with van der Waals surface area (Å²) in [6.07, 6.45) is 7.04. The molecule has 0 unspecified atom stereocenters. The van der Waals surface area contributed by atoms with E-state index in [4.69, 9.17) is 4.98 Å². The topological polar surface area (TPSA) is 72.6 Å². The maximum Gasteiger partial charge on any atom is 0.240 e. The smallest absolute Gasteiger partial charge is 0.240 e.